The first-order valence-corrected chi connectivity index (χ1v) is 5.86. The van der Waals surface area contributed by atoms with Crippen molar-refractivity contribution in [3.05, 3.63) is 0 Å². The topological polar surface area (TPSA) is 0 Å². The quantitative estimate of drug-likeness (QED) is 0.537. The van der Waals surface area contributed by atoms with Crippen molar-refractivity contribution >= 4 is 11.8 Å². The van der Waals surface area contributed by atoms with Gasteiger partial charge in [-0.1, -0.05) is 13.8 Å². The normalized spacial score (nSPS) is 50.7. The van der Waals surface area contributed by atoms with Crippen LogP contribution in [0.1, 0.15) is 39.5 Å². The van der Waals surface area contributed by atoms with Crippen LogP contribution in [-0.4, -0.2) is 11.0 Å². The highest BCUT2D eigenvalue weighted by molar-refractivity contribution is 7.99. The molecule has 0 aromatic rings. The molecule has 11 heavy (non-hydrogen) atoms. The lowest BCUT2D eigenvalue weighted by Gasteiger charge is -2.45. The Morgan fingerprint density at radius 1 is 1.36 bits per heavy atom. The summed E-state index contributed by atoms with van der Waals surface area (Å²) in [5.74, 6) is 2.42. The highest BCUT2D eigenvalue weighted by Gasteiger charge is 2.38. The van der Waals surface area contributed by atoms with Gasteiger partial charge in [0.1, 0.15) is 0 Å². The Balaban J connectivity index is 2.09. The van der Waals surface area contributed by atoms with E-state index < -0.39 is 0 Å². The molecule has 0 aromatic carbocycles. The molecule has 0 radical (unpaired) electrons. The summed E-state index contributed by atoms with van der Waals surface area (Å²) in [7, 11) is 0. The van der Waals surface area contributed by atoms with E-state index in [1.807, 2.05) is 0 Å². The maximum absolute atomic E-state index is 2.49. The van der Waals surface area contributed by atoms with Crippen molar-refractivity contribution in [3.63, 3.8) is 0 Å². The minimum Gasteiger partial charge on any atom is -0.158 e. The summed E-state index contributed by atoms with van der Waals surface area (Å²) in [4.78, 5) is 0. The lowest BCUT2D eigenvalue weighted by molar-refractivity contribution is 0.171. The summed E-state index contributed by atoms with van der Waals surface area (Å²) in [5, 5.41) is 1.00. The van der Waals surface area contributed by atoms with Gasteiger partial charge < -0.3 is 0 Å². The molecule has 1 aliphatic heterocycles. The Morgan fingerprint density at radius 2 is 2.18 bits per heavy atom. The van der Waals surface area contributed by atoms with Gasteiger partial charge in [0.2, 0.25) is 0 Å². The van der Waals surface area contributed by atoms with Crippen molar-refractivity contribution < 1.29 is 0 Å². The van der Waals surface area contributed by atoms with E-state index in [0.717, 1.165) is 16.6 Å². The zero-order chi connectivity index (χ0) is 7.90. The van der Waals surface area contributed by atoms with Crippen LogP contribution in [0.15, 0.2) is 0 Å². The van der Waals surface area contributed by atoms with Crippen molar-refractivity contribution in [2.45, 2.75) is 44.8 Å². The van der Waals surface area contributed by atoms with Crippen molar-refractivity contribution in [2.75, 3.05) is 5.75 Å². The molecule has 1 aliphatic carbocycles. The first kappa shape index (κ1) is 7.97. The third kappa shape index (κ3) is 1.44. The number of fused-ring (bicyclic) bond motifs is 2. The van der Waals surface area contributed by atoms with E-state index >= 15 is 0 Å². The molecule has 2 rings (SSSR count). The second-order valence-corrected chi connectivity index (χ2v) is 6.04. The van der Waals surface area contributed by atoms with Gasteiger partial charge in [-0.05, 0) is 42.8 Å². The molecule has 2 bridgehead atoms. The molecule has 1 heteroatoms. The summed E-state index contributed by atoms with van der Waals surface area (Å²) in [6.07, 6.45) is 5.94. The van der Waals surface area contributed by atoms with E-state index in [1.165, 1.54) is 31.4 Å². The largest absolute Gasteiger partial charge is 0.158 e. The lowest BCUT2D eigenvalue weighted by Crippen LogP contribution is -2.36. The molecule has 0 aromatic heterocycles. The van der Waals surface area contributed by atoms with E-state index in [9.17, 15) is 0 Å². The molecular weight excluding hydrogens is 152 g/mol. The standard InChI is InChI=1S/C10H18S/c1-8-3-4-10(2)5-6-11-9(8)7-10/h8-9H,3-7H2,1-2H3/t8-,9+,10-/m1/s1. The van der Waals surface area contributed by atoms with Crippen LogP contribution in [0.3, 0.4) is 0 Å². The average molecular weight is 170 g/mol. The summed E-state index contributed by atoms with van der Waals surface area (Å²) in [6, 6.07) is 0. The minimum absolute atomic E-state index is 0.739. The van der Waals surface area contributed by atoms with Crippen LogP contribution in [0.2, 0.25) is 0 Å². The molecule has 1 saturated heterocycles. The van der Waals surface area contributed by atoms with Crippen LogP contribution in [0.25, 0.3) is 0 Å². The maximum atomic E-state index is 2.49. The summed E-state index contributed by atoms with van der Waals surface area (Å²) < 4.78 is 0. The average Bonchev–Trinajstić information content (AvgIpc) is 1.99. The number of rotatable bonds is 0. The molecule has 3 atom stereocenters. The van der Waals surface area contributed by atoms with Gasteiger partial charge in [0.05, 0.1) is 0 Å². The molecule has 1 saturated carbocycles. The van der Waals surface area contributed by atoms with Crippen molar-refractivity contribution in [3.8, 4) is 0 Å². The number of hydrogen-bond acceptors (Lipinski definition) is 1. The molecule has 64 valence electrons. The summed E-state index contributed by atoms with van der Waals surface area (Å²) >= 11 is 2.22. The van der Waals surface area contributed by atoms with Gasteiger partial charge in [-0.15, -0.1) is 0 Å². The molecule has 0 amide bonds. The molecule has 2 aliphatic rings. The summed E-state index contributed by atoms with van der Waals surface area (Å²) in [5.41, 5.74) is 0.739. The summed E-state index contributed by atoms with van der Waals surface area (Å²) in [6.45, 7) is 4.92. The fourth-order valence-electron chi connectivity index (χ4n) is 2.46. The zero-order valence-electron chi connectivity index (χ0n) is 7.60. The van der Waals surface area contributed by atoms with Gasteiger partial charge in [0.25, 0.3) is 0 Å². The van der Waals surface area contributed by atoms with Gasteiger partial charge >= 0.3 is 0 Å². The Morgan fingerprint density at radius 3 is 2.91 bits per heavy atom. The Hall–Kier alpha value is 0.350. The van der Waals surface area contributed by atoms with Crippen LogP contribution >= 0.6 is 11.8 Å². The zero-order valence-corrected chi connectivity index (χ0v) is 8.41. The van der Waals surface area contributed by atoms with E-state index in [4.69, 9.17) is 0 Å². The Labute approximate surface area is 74.1 Å². The predicted octanol–water partition coefficient (Wildman–Crippen LogP) is 3.32. The van der Waals surface area contributed by atoms with Gasteiger partial charge in [-0.3, -0.25) is 0 Å². The molecule has 1 heterocycles. The van der Waals surface area contributed by atoms with E-state index in [-0.39, 0.29) is 0 Å². The van der Waals surface area contributed by atoms with Crippen molar-refractivity contribution in [1.82, 2.24) is 0 Å². The Kier molecular flexibility index (Phi) is 1.95. The molecule has 0 N–H and O–H groups in total. The third-order valence-electron chi connectivity index (χ3n) is 3.57. The highest BCUT2D eigenvalue weighted by atomic mass is 32.2. The van der Waals surface area contributed by atoms with Gasteiger partial charge in [-0.25, -0.2) is 0 Å². The van der Waals surface area contributed by atoms with Crippen LogP contribution in [0, 0.1) is 11.3 Å². The van der Waals surface area contributed by atoms with E-state index in [0.29, 0.717) is 0 Å². The first-order valence-electron chi connectivity index (χ1n) is 4.81. The number of thioether (sulfide) groups is 1. The highest BCUT2D eigenvalue weighted by Crippen LogP contribution is 2.50. The molecule has 0 unspecified atom stereocenters. The molecule has 2 fully saturated rings. The van der Waals surface area contributed by atoms with Crippen LogP contribution in [-0.2, 0) is 0 Å². The molecular formula is C10H18S. The Bertz CT molecular complexity index is 155. The second-order valence-electron chi connectivity index (χ2n) is 4.69. The number of hydrogen-bond donors (Lipinski definition) is 0. The lowest BCUT2D eigenvalue weighted by atomic mass is 9.70. The second kappa shape index (κ2) is 2.69. The SMILES string of the molecule is C[C@@H]1CC[C@]2(C)CCS[C@H]1C2. The van der Waals surface area contributed by atoms with Crippen LogP contribution < -0.4 is 0 Å². The fourth-order valence-corrected chi connectivity index (χ4v) is 4.36. The molecule has 0 nitrogen and oxygen atoms in total. The minimum atomic E-state index is 0.739. The smallest absolute Gasteiger partial charge is 0.00778 e. The predicted molar refractivity (Wildman–Crippen MR) is 52.0 cm³/mol. The van der Waals surface area contributed by atoms with Gasteiger partial charge in [0, 0.05) is 5.25 Å². The molecule has 0 spiro atoms. The van der Waals surface area contributed by atoms with Crippen molar-refractivity contribution in [2.24, 2.45) is 11.3 Å². The third-order valence-corrected chi connectivity index (χ3v) is 5.07. The maximum Gasteiger partial charge on any atom is 0.00778 e. The van der Waals surface area contributed by atoms with Gasteiger partial charge in [-0.2, -0.15) is 11.8 Å². The van der Waals surface area contributed by atoms with E-state index in [2.05, 4.69) is 25.6 Å². The monoisotopic (exact) mass is 170 g/mol. The fraction of sp³-hybridized carbons (Fsp3) is 1.00. The van der Waals surface area contributed by atoms with E-state index in [1.54, 1.807) is 0 Å². The van der Waals surface area contributed by atoms with Gasteiger partial charge in [0.15, 0.2) is 0 Å². The first-order chi connectivity index (χ1) is 5.20. The van der Waals surface area contributed by atoms with Crippen LogP contribution in [0.5, 0.6) is 0 Å². The van der Waals surface area contributed by atoms with Crippen LogP contribution in [0.4, 0.5) is 0 Å². The van der Waals surface area contributed by atoms with Crippen molar-refractivity contribution in [1.29, 1.82) is 0 Å².